The van der Waals surface area contributed by atoms with Gasteiger partial charge in [0, 0.05) is 24.6 Å². The molecule has 0 aliphatic rings. The molecule has 0 saturated heterocycles. The number of carbonyl (C=O) groups excluding carboxylic acids is 1. The number of nitrogens with two attached hydrogens (primary N) is 1. The van der Waals surface area contributed by atoms with Crippen molar-refractivity contribution in [2.24, 2.45) is 5.73 Å². The van der Waals surface area contributed by atoms with Gasteiger partial charge in [-0.25, -0.2) is 0 Å². The van der Waals surface area contributed by atoms with Crippen molar-refractivity contribution in [3.63, 3.8) is 0 Å². The summed E-state index contributed by atoms with van der Waals surface area (Å²) in [6, 6.07) is 8.91. The van der Waals surface area contributed by atoms with Crippen molar-refractivity contribution in [2.75, 3.05) is 5.32 Å². The lowest BCUT2D eigenvalue weighted by molar-refractivity contribution is 0.100. The third-order valence-electron chi connectivity index (χ3n) is 2.48. The van der Waals surface area contributed by atoms with E-state index in [0.29, 0.717) is 17.1 Å². The molecule has 0 radical (unpaired) electrons. The summed E-state index contributed by atoms with van der Waals surface area (Å²) in [7, 11) is 0. The number of primary amides is 1. The van der Waals surface area contributed by atoms with Gasteiger partial charge in [-0.1, -0.05) is 11.6 Å². The first-order valence-electron chi connectivity index (χ1n) is 5.39. The van der Waals surface area contributed by atoms with E-state index in [-0.39, 0.29) is 0 Å². The molecule has 18 heavy (non-hydrogen) atoms. The van der Waals surface area contributed by atoms with Gasteiger partial charge in [-0.05, 0) is 35.9 Å². The van der Waals surface area contributed by atoms with Crippen LogP contribution in [-0.2, 0) is 6.54 Å². The fourth-order valence-electron chi connectivity index (χ4n) is 1.53. The summed E-state index contributed by atoms with van der Waals surface area (Å²) in [6.45, 7) is 0.661. The number of carbonyl (C=O) groups is 1. The van der Waals surface area contributed by atoms with Gasteiger partial charge in [0.2, 0.25) is 5.91 Å². The highest BCUT2D eigenvalue weighted by molar-refractivity contribution is 6.34. The van der Waals surface area contributed by atoms with Gasteiger partial charge in [0.05, 0.1) is 10.6 Å². The fraction of sp³-hybridized carbons (Fsp3) is 0.0769. The van der Waals surface area contributed by atoms with E-state index in [4.69, 9.17) is 17.3 Å². The number of amides is 1. The van der Waals surface area contributed by atoms with Gasteiger partial charge in [0.1, 0.15) is 0 Å². The third kappa shape index (κ3) is 2.99. The Kier molecular flexibility index (Phi) is 3.79. The molecule has 4 nitrogen and oxygen atoms in total. The second kappa shape index (κ2) is 5.51. The van der Waals surface area contributed by atoms with Crippen molar-refractivity contribution in [2.45, 2.75) is 6.54 Å². The first-order chi connectivity index (χ1) is 8.66. The SMILES string of the molecule is NC(=O)c1ccc(NCc2ccncc2)cc1Cl. The van der Waals surface area contributed by atoms with Gasteiger partial charge in [0.15, 0.2) is 0 Å². The molecular weight excluding hydrogens is 250 g/mol. The summed E-state index contributed by atoms with van der Waals surface area (Å²) >= 11 is 5.96. The molecule has 1 aromatic carbocycles. The lowest BCUT2D eigenvalue weighted by Crippen LogP contribution is -2.11. The predicted octanol–water partition coefficient (Wildman–Crippen LogP) is 2.45. The van der Waals surface area contributed by atoms with Crippen molar-refractivity contribution in [3.8, 4) is 0 Å². The molecule has 0 aliphatic carbocycles. The van der Waals surface area contributed by atoms with Crippen molar-refractivity contribution in [1.82, 2.24) is 4.98 Å². The van der Waals surface area contributed by atoms with E-state index in [1.807, 2.05) is 12.1 Å². The van der Waals surface area contributed by atoms with Crippen LogP contribution in [-0.4, -0.2) is 10.9 Å². The summed E-state index contributed by atoms with van der Waals surface area (Å²) < 4.78 is 0. The third-order valence-corrected chi connectivity index (χ3v) is 2.79. The van der Waals surface area contributed by atoms with E-state index in [2.05, 4.69) is 10.3 Å². The molecule has 3 N–H and O–H groups in total. The smallest absolute Gasteiger partial charge is 0.250 e. The Bertz CT molecular complexity index is 557. The van der Waals surface area contributed by atoms with E-state index in [0.717, 1.165) is 11.3 Å². The van der Waals surface area contributed by atoms with Gasteiger partial charge in [-0.15, -0.1) is 0 Å². The number of benzene rings is 1. The maximum Gasteiger partial charge on any atom is 0.250 e. The molecule has 0 spiro atoms. The monoisotopic (exact) mass is 261 g/mol. The first kappa shape index (κ1) is 12.4. The van der Waals surface area contributed by atoms with Gasteiger partial charge in [-0.2, -0.15) is 0 Å². The van der Waals surface area contributed by atoms with Crippen molar-refractivity contribution >= 4 is 23.2 Å². The van der Waals surface area contributed by atoms with Crippen LogP contribution < -0.4 is 11.1 Å². The van der Waals surface area contributed by atoms with Gasteiger partial charge in [-0.3, -0.25) is 9.78 Å². The Morgan fingerprint density at radius 3 is 2.61 bits per heavy atom. The van der Waals surface area contributed by atoms with E-state index >= 15 is 0 Å². The molecule has 1 aromatic heterocycles. The Balaban J connectivity index is 2.07. The molecule has 0 saturated carbocycles. The van der Waals surface area contributed by atoms with Gasteiger partial charge < -0.3 is 11.1 Å². The molecule has 1 heterocycles. The molecule has 0 fully saturated rings. The molecule has 5 heteroatoms. The van der Waals surface area contributed by atoms with Crippen LogP contribution in [0.15, 0.2) is 42.7 Å². The molecule has 2 rings (SSSR count). The zero-order chi connectivity index (χ0) is 13.0. The quantitative estimate of drug-likeness (QED) is 0.888. The highest BCUT2D eigenvalue weighted by Crippen LogP contribution is 2.21. The van der Waals surface area contributed by atoms with Gasteiger partial charge >= 0.3 is 0 Å². The van der Waals surface area contributed by atoms with E-state index < -0.39 is 5.91 Å². The van der Waals surface area contributed by atoms with E-state index in [1.165, 1.54) is 0 Å². The molecule has 92 valence electrons. The summed E-state index contributed by atoms with van der Waals surface area (Å²) in [4.78, 5) is 15.0. The standard InChI is InChI=1S/C13H12ClN3O/c14-12-7-10(1-2-11(12)13(15)18)17-8-9-3-5-16-6-4-9/h1-7,17H,8H2,(H2,15,18). The first-order valence-corrected chi connectivity index (χ1v) is 5.77. The number of rotatable bonds is 4. The highest BCUT2D eigenvalue weighted by atomic mass is 35.5. The van der Waals surface area contributed by atoms with Crippen LogP contribution in [0.25, 0.3) is 0 Å². The summed E-state index contributed by atoms with van der Waals surface area (Å²) in [5, 5.41) is 3.55. The lowest BCUT2D eigenvalue weighted by Gasteiger charge is -2.08. The number of anilines is 1. The van der Waals surface area contributed by atoms with Crippen LogP contribution in [0, 0.1) is 0 Å². The van der Waals surface area contributed by atoms with Gasteiger partial charge in [0.25, 0.3) is 0 Å². The molecule has 0 bridgehead atoms. The molecule has 1 amide bonds. The number of nitrogens with zero attached hydrogens (tertiary/aromatic N) is 1. The Morgan fingerprint density at radius 1 is 1.28 bits per heavy atom. The molecule has 2 aromatic rings. The normalized spacial score (nSPS) is 10.1. The number of pyridine rings is 1. The zero-order valence-corrected chi connectivity index (χ0v) is 10.3. The summed E-state index contributed by atoms with van der Waals surface area (Å²) in [5.41, 5.74) is 7.45. The van der Waals surface area contributed by atoms with Crippen molar-refractivity contribution in [3.05, 3.63) is 58.9 Å². The number of nitrogens with one attached hydrogen (secondary N) is 1. The number of hydrogen-bond acceptors (Lipinski definition) is 3. The van der Waals surface area contributed by atoms with Crippen LogP contribution in [0.3, 0.4) is 0 Å². The minimum Gasteiger partial charge on any atom is -0.381 e. The van der Waals surface area contributed by atoms with E-state index in [1.54, 1.807) is 30.6 Å². The predicted molar refractivity (Wildman–Crippen MR) is 71.5 cm³/mol. The zero-order valence-electron chi connectivity index (χ0n) is 9.56. The average molecular weight is 262 g/mol. The van der Waals surface area contributed by atoms with Crippen LogP contribution in [0.4, 0.5) is 5.69 Å². The summed E-state index contributed by atoms with van der Waals surface area (Å²) in [5.74, 6) is -0.527. The van der Waals surface area contributed by atoms with Crippen molar-refractivity contribution in [1.29, 1.82) is 0 Å². The number of hydrogen-bond donors (Lipinski definition) is 2. The minimum atomic E-state index is -0.527. The second-order valence-corrected chi connectivity index (χ2v) is 4.18. The van der Waals surface area contributed by atoms with Crippen LogP contribution in [0.2, 0.25) is 5.02 Å². The maximum absolute atomic E-state index is 11.0. The Hall–Kier alpha value is -2.07. The lowest BCUT2D eigenvalue weighted by atomic mass is 10.2. The maximum atomic E-state index is 11.0. The molecular formula is C13H12ClN3O. The Morgan fingerprint density at radius 2 is 2.00 bits per heavy atom. The molecule has 0 unspecified atom stereocenters. The number of halogens is 1. The van der Waals surface area contributed by atoms with Crippen LogP contribution in [0.1, 0.15) is 15.9 Å². The molecule has 0 atom stereocenters. The minimum absolute atomic E-state index is 0.325. The topological polar surface area (TPSA) is 68.0 Å². The average Bonchev–Trinajstić information content (AvgIpc) is 2.37. The number of aromatic nitrogens is 1. The van der Waals surface area contributed by atoms with Crippen LogP contribution in [0.5, 0.6) is 0 Å². The summed E-state index contributed by atoms with van der Waals surface area (Å²) in [6.07, 6.45) is 3.47. The van der Waals surface area contributed by atoms with Crippen LogP contribution >= 0.6 is 11.6 Å². The highest BCUT2D eigenvalue weighted by Gasteiger charge is 2.06. The second-order valence-electron chi connectivity index (χ2n) is 3.77. The van der Waals surface area contributed by atoms with Crippen molar-refractivity contribution < 1.29 is 4.79 Å². The Labute approximate surface area is 110 Å². The molecule has 0 aliphatic heterocycles. The fourth-order valence-corrected chi connectivity index (χ4v) is 1.80. The van der Waals surface area contributed by atoms with E-state index in [9.17, 15) is 4.79 Å². The largest absolute Gasteiger partial charge is 0.381 e.